The second kappa shape index (κ2) is 4.12. The van der Waals surface area contributed by atoms with Gasteiger partial charge in [-0.2, -0.15) is 5.10 Å². The van der Waals surface area contributed by atoms with Crippen LogP contribution in [0.25, 0.3) is 11.3 Å². The van der Waals surface area contributed by atoms with Crippen molar-refractivity contribution in [1.82, 2.24) is 10.2 Å². The lowest BCUT2D eigenvalue weighted by atomic mass is 9.80. The second-order valence-electron chi connectivity index (χ2n) is 6.36. The standard InChI is InChI=1S/C16H21N3/c1-10-7-12-11(2)9-16(3,4)18-15(12)13(8-10)14-5-6-17-19-14/h5-8,11,18H,9H2,1-4H3,(H,17,19)/t11-/m1/s1. The molecule has 3 heteroatoms. The van der Waals surface area contributed by atoms with E-state index in [4.69, 9.17) is 0 Å². The summed E-state index contributed by atoms with van der Waals surface area (Å²) in [5.74, 6) is 0.577. The number of nitrogens with one attached hydrogen (secondary N) is 2. The Morgan fingerprint density at radius 1 is 1.32 bits per heavy atom. The SMILES string of the molecule is Cc1cc(-c2ccn[nH]2)c2c(c1)[C@H](C)CC(C)(C)N2. The number of benzene rings is 1. The topological polar surface area (TPSA) is 40.7 Å². The van der Waals surface area contributed by atoms with E-state index in [1.165, 1.54) is 22.4 Å². The van der Waals surface area contributed by atoms with Crippen molar-refractivity contribution in [1.29, 1.82) is 0 Å². The summed E-state index contributed by atoms with van der Waals surface area (Å²) >= 11 is 0. The largest absolute Gasteiger partial charge is 0.379 e. The summed E-state index contributed by atoms with van der Waals surface area (Å²) in [4.78, 5) is 0. The van der Waals surface area contributed by atoms with Gasteiger partial charge in [-0.1, -0.05) is 18.6 Å². The van der Waals surface area contributed by atoms with E-state index in [-0.39, 0.29) is 5.54 Å². The Labute approximate surface area is 114 Å². The van der Waals surface area contributed by atoms with Crippen molar-refractivity contribution < 1.29 is 0 Å². The van der Waals surface area contributed by atoms with E-state index in [0.29, 0.717) is 5.92 Å². The molecule has 19 heavy (non-hydrogen) atoms. The van der Waals surface area contributed by atoms with Gasteiger partial charge < -0.3 is 5.32 Å². The molecule has 2 N–H and O–H groups in total. The zero-order valence-electron chi connectivity index (χ0n) is 12.0. The average Bonchev–Trinajstić information content (AvgIpc) is 2.82. The van der Waals surface area contributed by atoms with E-state index in [1.807, 2.05) is 12.3 Å². The Bertz CT molecular complexity index is 597. The van der Waals surface area contributed by atoms with Crippen molar-refractivity contribution in [2.45, 2.75) is 45.6 Å². The van der Waals surface area contributed by atoms with Crippen LogP contribution in [0.3, 0.4) is 0 Å². The lowest BCUT2D eigenvalue weighted by Crippen LogP contribution is -2.37. The zero-order chi connectivity index (χ0) is 13.6. The molecule has 2 aromatic rings. The molecule has 2 heterocycles. The average molecular weight is 255 g/mol. The number of hydrogen-bond acceptors (Lipinski definition) is 2. The maximum Gasteiger partial charge on any atom is 0.0671 e. The number of H-pyrrole nitrogens is 1. The highest BCUT2D eigenvalue weighted by molar-refractivity contribution is 5.80. The minimum atomic E-state index is 0.135. The van der Waals surface area contributed by atoms with E-state index in [0.717, 1.165) is 12.1 Å². The van der Waals surface area contributed by atoms with E-state index in [2.05, 4.69) is 55.3 Å². The van der Waals surface area contributed by atoms with Crippen LogP contribution in [0.2, 0.25) is 0 Å². The van der Waals surface area contributed by atoms with Crippen molar-refractivity contribution in [3.8, 4) is 11.3 Å². The van der Waals surface area contributed by atoms with Gasteiger partial charge in [0.1, 0.15) is 0 Å². The monoisotopic (exact) mass is 255 g/mol. The lowest BCUT2D eigenvalue weighted by Gasteiger charge is -2.39. The molecule has 1 aromatic heterocycles. The molecule has 0 amide bonds. The lowest BCUT2D eigenvalue weighted by molar-refractivity contribution is 0.454. The first-order valence-electron chi connectivity index (χ1n) is 6.89. The van der Waals surface area contributed by atoms with Gasteiger partial charge in [0.05, 0.1) is 5.69 Å². The van der Waals surface area contributed by atoms with Crippen molar-refractivity contribution in [2.24, 2.45) is 0 Å². The predicted molar refractivity (Wildman–Crippen MR) is 79.5 cm³/mol. The van der Waals surface area contributed by atoms with Gasteiger partial charge in [0, 0.05) is 23.0 Å². The highest BCUT2D eigenvalue weighted by Crippen LogP contribution is 2.43. The smallest absolute Gasteiger partial charge is 0.0671 e. The molecule has 0 aliphatic carbocycles. The van der Waals surface area contributed by atoms with Crippen molar-refractivity contribution in [2.75, 3.05) is 5.32 Å². The Morgan fingerprint density at radius 2 is 2.11 bits per heavy atom. The number of aryl methyl sites for hydroxylation is 1. The highest BCUT2D eigenvalue weighted by Gasteiger charge is 2.31. The first-order valence-corrected chi connectivity index (χ1v) is 6.89. The second-order valence-corrected chi connectivity index (χ2v) is 6.36. The van der Waals surface area contributed by atoms with E-state index < -0.39 is 0 Å². The van der Waals surface area contributed by atoms with Gasteiger partial charge >= 0.3 is 0 Å². The van der Waals surface area contributed by atoms with Crippen molar-refractivity contribution >= 4 is 5.69 Å². The van der Waals surface area contributed by atoms with Crippen LogP contribution in [-0.2, 0) is 0 Å². The summed E-state index contributed by atoms with van der Waals surface area (Å²) in [6, 6.07) is 6.57. The number of fused-ring (bicyclic) bond motifs is 1. The quantitative estimate of drug-likeness (QED) is 0.806. The van der Waals surface area contributed by atoms with Crippen LogP contribution in [0, 0.1) is 6.92 Å². The summed E-state index contributed by atoms with van der Waals surface area (Å²) in [7, 11) is 0. The molecule has 1 aromatic carbocycles. The Balaban J connectivity index is 2.22. The first kappa shape index (κ1) is 12.3. The molecule has 0 radical (unpaired) electrons. The first-order chi connectivity index (χ1) is 8.96. The third-order valence-corrected chi connectivity index (χ3v) is 3.91. The summed E-state index contributed by atoms with van der Waals surface area (Å²) < 4.78 is 0. The predicted octanol–water partition coefficient (Wildman–Crippen LogP) is 4.08. The minimum absolute atomic E-state index is 0.135. The van der Waals surface area contributed by atoms with Gasteiger partial charge in [0.25, 0.3) is 0 Å². The summed E-state index contributed by atoms with van der Waals surface area (Å²) in [6.45, 7) is 9.01. The molecule has 1 aliphatic heterocycles. The van der Waals surface area contributed by atoms with Crippen LogP contribution in [0.15, 0.2) is 24.4 Å². The zero-order valence-corrected chi connectivity index (χ0v) is 12.0. The van der Waals surface area contributed by atoms with Crippen LogP contribution >= 0.6 is 0 Å². The fourth-order valence-electron chi connectivity index (χ4n) is 3.23. The molecular weight excluding hydrogens is 234 g/mol. The van der Waals surface area contributed by atoms with Gasteiger partial charge in [0.15, 0.2) is 0 Å². The summed E-state index contributed by atoms with van der Waals surface area (Å²) in [6.07, 6.45) is 2.97. The Hall–Kier alpha value is -1.77. The van der Waals surface area contributed by atoms with E-state index >= 15 is 0 Å². The van der Waals surface area contributed by atoms with Crippen LogP contribution < -0.4 is 5.32 Å². The maximum absolute atomic E-state index is 4.08. The molecule has 0 unspecified atom stereocenters. The molecule has 0 saturated carbocycles. The molecular formula is C16H21N3. The van der Waals surface area contributed by atoms with Gasteiger partial charge in [0.2, 0.25) is 0 Å². The molecule has 0 saturated heterocycles. The minimum Gasteiger partial charge on any atom is -0.379 e. The summed E-state index contributed by atoms with van der Waals surface area (Å²) in [5.41, 5.74) is 6.43. The fourth-order valence-corrected chi connectivity index (χ4v) is 3.23. The Kier molecular flexibility index (Phi) is 2.66. The molecule has 1 atom stereocenters. The molecule has 0 bridgehead atoms. The number of aromatic nitrogens is 2. The third-order valence-electron chi connectivity index (χ3n) is 3.91. The van der Waals surface area contributed by atoms with Crippen molar-refractivity contribution in [3.63, 3.8) is 0 Å². The van der Waals surface area contributed by atoms with Crippen LogP contribution in [0.5, 0.6) is 0 Å². The third kappa shape index (κ3) is 2.14. The highest BCUT2D eigenvalue weighted by atomic mass is 15.1. The van der Waals surface area contributed by atoms with Crippen molar-refractivity contribution in [3.05, 3.63) is 35.5 Å². The van der Waals surface area contributed by atoms with Crippen LogP contribution in [-0.4, -0.2) is 15.7 Å². The van der Waals surface area contributed by atoms with E-state index in [1.54, 1.807) is 0 Å². The molecule has 100 valence electrons. The number of nitrogens with zero attached hydrogens (tertiary/aromatic N) is 1. The molecule has 1 aliphatic rings. The molecule has 0 fully saturated rings. The Morgan fingerprint density at radius 3 is 2.79 bits per heavy atom. The fraction of sp³-hybridized carbons (Fsp3) is 0.438. The summed E-state index contributed by atoms with van der Waals surface area (Å²) in [5, 5.41) is 10.9. The van der Waals surface area contributed by atoms with Gasteiger partial charge in [-0.25, -0.2) is 0 Å². The van der Waals surface area contributed by atoms with E-state index in [9.17, 15) is 0 Å². The molecule has 3 rings (SSSR count). The maximum atomic E-state index is 4.08. The van der Waals surface area contributed by atoms with Gasteiger partial charge in [-0.15, -0.1) is 0 Å². The normalized spacial score (nSPS) is 20.7. The number of aromatic amines is 1. The molecule has 3 nitrogen and oxygen atoms in total. The van der Waals surface area contributed by atoms with Crippen LogP contribution in [0.4, 0.5) is 5.69 Å². The number of hydrogen-bond donors (Lipinski definition) is 2. The number of anilines is 1. The van der Waals surface area contributed by atoms with Gasteiger partial charge in [-0.3, -0.25) is 5.10 Å². The van der Waals surface area contributed by atoms with Crippen LogP contribution in [0.1, 0.15) is 44.2 Å². The van der Waals surface area contributed by atoms with Gasteiger partial charge in [-0.05, 0) is 50.8 Å². The molecule has 0 spiro atoms. The number of rotatable bonds is 1.